The zero-order valence-corrected chi connectivity index (χ0v) is 13.6. The fraction of sp³-hybridized carbons (Fsp3) is 0.474. The minimum atomic E-state index is -0.476. The molecule has 1 aromatic rings. The maximum Gasteiger partial charge on any atom is 0.407 e. The van der Waals surface area contributed by atoms with Gasteiger partial charge in [0.05, 0.1) is 19.1 Å². The van der Waals surface area contributed by atoms with Crippen molar-refractivity contribution in [2.45, 2.75) is 19.1 Å². The Kier molecular flexibility index (Phi) is 3.79. The predicted octanol–water partition coefficient (Wildman–Crippen LogP) is 2.52. The molecule has 4 aliphatic carbocycles. The van der Waals surface area contributed by atoms with Gasteiger partial charge in [-0.2, -0.15) is 0 Å². The summed E-state index contributed by atoms with van der Waals surface area (Å²) in [7, 11) is 1.41. The van der Waals surface area contributed by atoms with Gasteiger partial charge in [-0.25, -0.2) is 4.79 Å². The van der Waals surface area contributed by atoms with Crippen LogP contribution in [0.2, 0.25) is 0 Å². The number of carbonyl (C=O) groups excluding carboxylic acids is 2. The number of esters is 1. The molecule has 0 heterocycles. The summed E-state index contributed by atoms with van der Waals surface area (Å²) in [4.78, 5) is 24.5. The molecule has 126 valence electrons. The topological polar surface area (TPSA) is 64.6 Å². The average Bonchev–Trinajstić information content (AvgIpc) is 3.42. The minimum absolute atomic E-state index is 0.173. The quantitative estimate of drug-likeness (QED) is 0.682. The number of nitrogens with one attached hydrogen (secondary N) is 1. The van der Waals surface area contributed by atoms with Crippen LogP contribution >= 0.6 is 0 Å². The van der Waals surface area contributed by atoms with Crippen molar-refractivity contribution in [3.8, 4) is 0 Å². The molecule has 2 fully saturated rings. The van der Waals surface area contributed by atoms with Crippen molar-refractivity contribution in [1.29, 1.82) is 0 Å². The van der Waals surface area contributed by atoms with Gasteiger partial charge in [0.2, 0.25) is 0 Å². The van der Waals surface area contributed by atoms with E-state index in [0.29, 0.717) is 11.8 Å². The van der Waals surface area contributed by atoms with Gasteiger partial charge < -0.3 is 14.8 Å². The zero-order valence-electron chi connectivity index (χ0n) is 13.6. The summed E-state index contributed by atoms with van der Waals surface area (Å²) in [6.07, 6.45) is 4.94. The first-order chi connectivity index (χ1) is 11.7. The second-order valence-corrected chi connectivity index (χ2v) is 6.88. The third-order valence-corrected chi connectivity index (χ3v) is 5.62. The van der Waals surface area contributed by atoms with Crippen molar-refractivity contribution in [2.75, 3.05) is 7.11 Å². The maximum absolute atomic E-state index is 12.2. The zero-order chi connectivity index (χ0) is 16.7. The summed E-state index contributed by atoms with van der Waals surface area (Å²) in [5.41, 5.74) is 0.935. The molecule has 4 aliphatic rings. The van der Waals surface area contributed by atoms with Gasteiger partial charge in [0.1, 0.15) is 6.61 Å². The SMILES string of the molecule is COC(=O)[C@@H]1[C@H]2C=C[C@H]([C@@H]3C[C@H]23)[C@@H]1NC(=O)OCc1ccccc1. The number of alkyl carbamates (subject to hydrolysis) is 1. The number of allylic oxidation sites excluding steroid dienone is 1. The molecule has 0 unspecified atom stereocenters. The van der Waals surface area contributed by atoms with Crippen molar-refractivity contribution in [3.63, 3.8) is 0 Å². The van der Waals surface area contributed by atoms with Crippen LogP contribution in [0, 0.1) is 29.6 Å². The highest BCUT2D eigenvalue weighted by molar-refractivity contribution is 5.77. The first kappa shape index (κ1) is 15.2. The Morgan fingerprint density at radius 1 is 1.12 bits per heavy atom. The van der Waals surface area contributed by atoms with Gasteiger partial charge in [0, 0.05) is 5.92 Å². The van der Waals surface area contributed by atoms with Crippen molar-refractivity contribution in [3.05, 3.63) is 48.0 Å². The Labute approximate surface area is 141 Å². The van der Waals surface area contributed by atoms with Crippen LogP contribution in [0.15, 0.2) is 42.5 Å². The van der Waals surface area contributed by atoms with Crippen LogP contribution in [0.1, 0.15) is 12.0 Å². The molecule has 0 saturated heterocycles. The second kappa shape index (κ2) is 5.96. The Balaban J connectivity index is 1.43. The van der Waals surface area contributed by atoms with Crippen LogP contribution in [0.25, 0.3) is 0 Å². The smallest absolute Gasteiger partial charge is 0.407 e. The summed E-state index contributed by atoms with van der Waals surface area (Å²) in [5.74, 6) is 0.981. The van der Waals surface area contributed by atoms with E-state index in [1.165, 1.54) is 7.11 Å². The number of ether oxygens (including phenoxy) is 2. The molecule has 1 aromatic carbocycles. The number of benzene rings is 1. The Morgan fingerprint density at radius 3 is 2.58 bits per heavy atom. The molecule has 1 amide bonds. The van der Waals surface area contributed by atoms with E-state index in [1.54, 1.807) is 0 Å². The summed E-state index contributed by atoms with van der Waals surface area (Å²) in [5, 5.41) is 2.93. The Bertz CT molecular complexity index is 671. The molecule has 0 aliphatic heterocycles. The predicted molar refractivity (Wildman–Crippen MR) is 86.8 cm³/mol. The molecule has 2 bridgehead atoms. The summed E-state index contributed by atoms with van der Waals surface area (Å²) in [6, 6.07) is 9.31. The van der Waals surface area contributed by atoms with Crippen LogP contribution in [-0.2, 0) is 20.9 Å². The lowest BCUT2D eigenvalue weighted by molar-refractivity contribution is -0.150. The molecule has 5 rings (SSSR count). The normalized spacial score (nSPS) is 35.0. The molecule has 0 radical (unpaired) electrons. The average molecular weight is 327 g/mol. The van der Waals surface area contributed by atoms with Crippen LogP contribution in [0.4, 0.5) is 4.79 Å². The van der Waals surface area contributed by atoms with E-state index >= 15 is 0 Å². The lowest BCUT2D eigenvalue weighted by Crippen LogP contribution is -2.55. The van der Waals surface area contributed by atoms with Gasteiger partial charge in [0.25, 0.3) is 0 Å². The van der Waals surface area contributed by atoms with E-state index in [-0.39, 0.29) is 36.4 Å². The minimum Gasteiger partial charge on any atom is -0.469 e. The van der Waals surface area contributed by atoms with Crippen LogP contribution in [-0.4, -0.2) is 25.2 Å². The third kappa shape index (κ3) is 2.58. The monoisotopic (exact) mass is 327 g/mol. The number of hydrogen-bond acceptors (Lipinski definition) is 4. The van der Waals surface area contributed by atoms with E-state index in [2.05, 4.69) is 17.5 Å². The molecule has 2 saturated carbocycles. The molecule has 24 heavy (non-hydrogen) atoms. The largest absolute Gasteiger partial charge is 0.469 e. The third-order valence-electron chi connectivity index (χ3n) is 5.62. The van der Waals surface area contributed by atoms with Crippen molar-refractivity contribution >= 4 is 12.1 Å². The number of carbonyl (C=O) groups is 2. The fourth-order valence-corrected chi connectivity index (χ4v) is 4.44. The van der Waals surface area contributed by atoms with Gasteiger partial charge in [-0.15, -0.1) is 0 Å². The fourth-order valence-electron chi connectivity index (χ4n) is 4.44. The lowest BCUT2D eigenvalue weighted by atomic mass is 9.66. The Hall–Kier alpha value is -2.30. The Morgan fingerprint density at radius 2 is 1.83 bits per heavy atom. The molecule has 0 aromatic heterocycles. The molecule has 1 N–H and O–H groups in total. The number of hydrogen-bond donors (Lipinski definition) is 1. The van der Waals surface area contributed by atoms with E-state index < -0.39 is 6.09 Å². The molecule has 0 spiro atoms. The molecular formula is C19H21NO4. The van der Waals surface area contributed by atoms with Gasteiger partial charge in [-0.1, -0.05) is 42.5 Å². The first-order valence-corrected chi connectivity index (χ1v) is 8.42. The van der Waals surface area contributed by atoms with Gasteiger partial charge in [0.15, 0.2) is 0 Å². The number of methoxy groups -OCH3 is 1. The first-order valence-electron chi connectivity index (χ1n) is 8.42. The van der Waals surface area contributed by atoms with Crippen LogP contribution < -0.4 is 5.32 Å². The standard InChI is InChI=1S/C19H21NO4/c1-23-18(21)16-12-7-8-13(15-9-14(12)15)17(16)20-19(22)24-10-11-5-3-2-4-6-11/h2-8,12-17H,9-10H2,1H3,(H,20,22)/t12-,13+,14+,15-,16+,17-/m0/s1. The molecule has 5 heteroatoms. The van der Waals surface area contributed by atoms with Crippen molar-refractivity contribution < 1.29 is 19.1 Å². The van der Waals surface area contributed by atoms with E-state index in [1.807, 2.05) is 30.3 Å². The van der Waals surface area contributed by atoms with E-state index in [9.17, 15) is 9.59 Å². The lowest BCUT2D eigenvalue weighted by Gasteiger charge is -2.43. The van der Waals surface area contributed by atoms with Crippen molar-refractivity contribution in [2.24, 2.45) is 29.6 Å². The summed E-state index contributed by atoms with van der Waals surface area (Å²) >= 11 is 0. The number of fused-ring (bicyclic) bond motifs is 1. The van der Waals surface area contributed by atoms with E-state index in [4.69, 9.17) is 9.47 Å². The molecule has 6 atom stereocenters. The highest BCUT2D eigenvalue weighted by Crippen LogP contribution is 2.61. The van der Waals surface area contributed by atoms with Gasteiger partial charge >= 0.3 is 12.1 Å². The highest BCUT2D eigenvalue weighted by atomic mass is 16.5. The molecular weight excluding hydrogens is 306 g/mol. The van der Waals surface area contributed by atoms with E-state index in [0.717, 1.165) is 12.0 Å². The summed E-state index contributed by atoms with van der Waals surface area (Å²) < 4.78 is 10.3. The summed E-state index contributed by atoms with van der Waals surface area (Å²) in [6.45, 7) is 0.221. The van der Waals surface area contributed by atoms with Gasteiger partial charge in [-0.05, 0) is 29.7 Å². The van der Waals surface area contributed by atoms with Crippen molar-refractivity contribution in [1.82, 2.24) is 5.32 Å². The van der Waals surface area contributed by atoms with Gasteiger partial charge in [-0.3, -0.25) is 4.79 Å². The number of amides is 1. The second-order valence-electron chi connectivity index (χ2n) is 6.88. The van der Waals surface area contributed by atoms with Crippen LogP contribution in [0.5, 0.6) is 0 Å². The van der Waals surface area contributed by atoms with Crippen LogP contribution in [0.3, 0.4) is 0 Å². The molecule has 5 nitrogen and oxygen atoms in total. The maximum atomic E-state index is 12.2. The number of rotatable bonds is 4. The highest BCUT2D eigenvalue weighted by Gasteiger charge is 2.61.